The van der Waals surface area contributed by atoms with E-state index in [1.54, 1.807) is 28.3 Å². The van der Waals surface area contributed by atoms with E-state index in [-0.39, 0.29) is 11.5 Å². The van der Waals surface area contributed by atoms with Crippen LogP contribution in [0.3, 0.4) is 0 Å². The number of benzene rings is 1. The number of para-hydroxylation sites is 1. The molecule has 1 aliphatic rings. The smallest absolute Gasteiger partial charge is 0.271 e. The zero-order valence-electron chi connectivity index (χ0n) is 19.9. The molecule has 0 saturated carbocycles. The first-order valence-electron chi connectivity index (χ1n) is 11.3. The van der Waals surface area contributed by atoms with Crippen molar-refractivity contribution in [2.75, 3.05) is 5.32 Å². The number of aryl methyl sites for hydroxylation is 3. The van der Waals surface area contributed by atoms with Crippen molar-refractivity contribution >= 4 is 29.0 Å². The summed E-state index contributed by atoms with van der Waals surface area (Å²) < 4.78 is 9.79. The summed E-state index contributed by atoms with van der Waals surface area (Å²) >= 11 is 1.27. The lowest BCUT2D eigenvalue weighted by molar-refractivity contribution is -0.113. The molecule has 0 aliphatic carbocycles. The van der Waals surface area contributed by atoms with Crippen LogP contribution in [-0.2, 0) is 11.3 Å². The maximum atomic E-state index is 13.6. The van der Waals surface area contributed by atoms with Gasteiger partial charge in [0, 0.05) is 18.4 Å². The first kappa shape index (κ1) is 22.8. The van der Waals surface area contributed by atoms with Gasteiger partial charge in [-0.1, -0.05) is 29.5 Å². The third-order valence-electron chi connectivity index (χ3n) is 5.95. The quantitative estimate of drug-likeness (QED) is 0.467. The maximum absolute atomic E-state index is 13.6. The Hall–Kier alpha value is -3.98. The van der Waals surface area contributed by atoms with E-state index in [2.05, 4.69) is 15.4 Å². The predicted octanol–water partition coefficient (Wildman–Crippen LogP) is 3.30. The van der Waals surface area contributed by atoms with Gasteiger partial charge in [0.2, 0.25) is 0 Å². The number of aromatic nitrogens is 3. The van der Waals surface area contributed by atoms with Crippen molar-refractivity contribution in [2.24, 2.45) is 4.99 Å². The summed E-state index contributed by atoms with van der Waals surface area (Å²) in [6.07, 6.45) is 3.63. The molecule has 1 N–H and O–H groups in total. The molecule has 0 spiro atoms. The van der Waals surface area contributed by atoms with Crippen LogP contribution < -0.4 is 20.2 Å². The minimum absolute atomic E-state index is 0.243. The van der Waals surface area contributed by atoms with Crippen LogP contribution in [0.25, 0.3) is 6.08 Å². The topological polar surface area (TPSA) is 94.4 Å². The van der Waals surface area contributed by atoms with Gasteiger partial charge in [0.25, 0.3) is 11.5 Å². The summed E-state index contributed by atoms with van der Waals surface area (Å²) in [4.78, 5) is 32.4. The number of anilines is 1. The third-order valence-corrected chi connectivity index (χ3v) is 6.94. The number of thiazole rings is 1. The van der Waals surface area contributed by atoms with Gasteiger partial charge in [0.1, 0.15) is 17.6 Å². The van der Waals surface area contributed by atoms with Gasteiger partial charge >= 0.3 is 0 Å². The van der Waals surface area contributed by atoms with Crippen LogP contribution in [0.1, 0.15) is 42.7 Å². The van der Waals surface area contributed by atoms with Gasteiger partial charge in [-0.05, 0) is 63.6 Å². The second-order valence-electron chi connectivity index (χ2n) is 8.40. The molecule has 178 valence electrons. The highest BCUT2D eigenvalue weighted by Gasteiger charge is 2.34. The number of amides is 1. The van der Waals surface area contributed by atoms with Crippen LogP contribution in [0.5, 0.6) is 0 Å². The number of allylic oxidation sites excluding steroid dienone is 1. The predicted molar refractivity (Wildman–Crippen MR) is 135 cm³/mol. The van der Waals surface area contributed by atoms with Gasteiger partial charge in [0.15, 0.2) is 4.80 Å². The average Bonchev–Trinajstić information content (AvgIpc) is 3.54. The molecule has 0 saturated heterocycles. The van der Waals surface area contributed by atoms with Crippen LogP contribution in [0, 0.1) is 13.8 Å². The average molecular weight is 488 g/mol. The molecule has 1 aromatic carbocycles. The van der Waals surface area contributed by atoms with Gasteiger partial charge in [-0.25, -0.2) is 4.99 Å². The number of nitrogens with one attached hydrogen (secondary N) is 1. The van der Waals surface area contributed by atoms with Crippen LogP contribution in [0.2, 0.25) is 0 Å². The Balaban J connectivity index is 1.65. The largest absolute Gasteiger partial charge is 0.464 e. The lowest BCUT2D eigenvalue weighted by Gasteiger charge is -2.23. The van der Waals surface area contributed by atoms with Crippen molar-refractivity contribution in [3.05, 3.63) is 102 Å². The number of nitrogens with zero attached hydrogens (tertiary/aromatic N) is 4. The molecule has 1 aliphatic heterocycles. The Morgan fingerprint density at radius 2 is 1.97 bits per heavy atom. The van der Waals surface area contributed by atoms with Crippen molar-refractivity contribution in [3.8, 4) is 0 Å². The lowest BCUT2D eigenvalue weighted by Crippen LogP contribution is -2.40. The van der Waals surface area contributed by atoms with Crippen molar-refractivity contribution in [2.45, 2.75) is 40.3 Å². The second-order valence-corrected chi connectivity index (χ2v) is 9.40. The van der Waals surface area contributed by atoms with Crippen molar-refractivity contribution in [3.63, 3.8) is 0 Å². The highest BCUT2D eigenvalue weighted by molar-refractivity contribution is 7.07. The Morgan fingerprint density at radius 1 is 1.17 bits per heavy atom. The van der Waals surface area contributed by atoms with E-state index in [9.17, 15) is 9.59 Å². The van der Waals surface area contributed by atoms with Crippen LogP contribution in [-0.4, -0.2) is 20.3 Å². The Labute approximate surface area is 205 Å². The number of hydrogen-bond donors (Lipinski definition) is 1. The molecule has 1 amide bonds. The highest BCUT2D eigenvalue weighted by Crippen LogP contribution is 2.32. The standard InChI is InChI=1S/C26H25N5O3S/c1-5-30-13-12-18(29-30)14-21-25(33)31-23(20-11-10-16(3)34-20)22(17(4)27-26(31)35-21)24(32)28-19-9-7-6-8-15(19)2/h6-14,23H,5H2,1-4H3,(H,28,32)/b21-14+/t23-/m1/s1. The summed E-state index contributed by atoms with van der Waals surface area (Å²) in [5, 5.41) is 7.45. The van der Waals surface area contributed by atoms with E-state index >= 15 is 0 Å². The number of fused-ring (bicyclic) bond motifs is 1. The number of carbonyl (C=O) groups excluding carboxylic acids is 1. The van der Waals surface area contributed by atoms with Gasteiger partial charge < -0.3 is 9.73 Å². The molecule has 0 fully saturated rings. The first-order valence-corrected chi connectivity index (χ1v) is 12.2. The summed E-state index contributed by atoms with van der Waals surface area (Å²) in [5.74, 6) is 0.880. The first-order chi connectivity index (χ1) is 16.9. The monoisotopic (exact) mass is 487 g/mol. The second kappa shape index (κ2) is 8.99. The molecule has 1 atom stereocenters. The molecule has 8 nitrogen and oxygen atoms in total. The maximum Gasteiger partial charge on any atom is 0.271 e. The molecule has 9 heteroatoms. The van der Waals surface area contributed by atoms with E-state index in [4.69, 9.17) is 4.42 Å². The van der Waals surface area contributed by atoms with Crippen molar-refractivity contribution in [1.82, 2.24) is 14.3 Å². The summed E-state index contributed by atoms with van der Waals surface area (Å²) in [6, 6.07) is 12.3. The van der Waals surface area contributed by atoms with E-state index in [0.29, 0.717) is 43.5 Å². The van der Waals surface area contributed by atoms with Gasteiger partial charge in [0.05, 0.1) is 21.5 Å². The van der Waals surface area contributed by atoms with E-state index in [1.165, 1.54) is 11.3 Å². The zero-order chi connectivity index (χ0) is 24.7. The SMILES string of the molecule is CCn1ccc(/C=c2/sc3n(c2=O)[C@H](c2ccc(C)o2)C(C(=O)Nc2ccccc2C)=C(C)N=3)n1. The van der Waals surface area contributed by atoms with Crippen molar-refractivity contribution < 1.29 is 9.21 Å². The third kappa shape index (κ3) is 4.19. The summed E-state index contributed by atoms with van der Waals surface area (Å²) in [5.41, 5.74) is 3.00. The molecule has 0 bridgehead atoms. The number of carbonyl (C=O) groups is 1. The van der Waals surface area contributed by atoms with E-state index in [1.807, 2.05) is 63.4 Å². The lowest BCUT2D eigenvalue weighted by atomic mass is 10.00. The number of furan rings is 1. The molecular formula is C26H25N5O3S. The minimum atomic E-state index is -0.737. The fraction of sp³-hybridized carbons (Fsp3) is 0.231. The fourth-order valence-electron chi connectivity index (χ4n) is 4.15. The summed E-state index contributed by atoms with van der Waals surface area (Å²) in [6.45, 7) is 8.29. The molecule has 3 aromatic heterocycles. The molecule has 35 heavy (non-hydrogen) atoms. The van der Waals surface area contributed by atoms with Crippen molar-refractivity contribution in [1.29, 1.82) is 0 Å². The van der Waals surface area contributed by atoms with E-state index in [0.717, 1.165) is 12.1 Å². The van der Waals surface area contributed by atoms with Crippen LogP contribution >= 0.6 is 11.3 Å². The molecule has 0 radical (unpaired) electrons. The van der Waals surface area contributed by atoms with Gasteiger partial charge in [-0.3, -0.25) is 18.8 Å². The zero-order valence-corrected chi connectivity index (χ0v) is 20.7. The Bertz CT molecular complexity index is 1650. The molecule has 5 rings (SSSR count). The number of rotatable bonds is 5. The van der Waals surface area contributed by atoms with Crippen LogP contribution in [0.15, 0.2) is 74.1 Å². The fourth-order valence-corrected chi connectivity index (χ4v) is 5.18. The van der Waals surface area contributed by atoms with Gasteiger partial charge in [-0.2, -0.15) is 5.10 Å². The normalized spacial score (nSPS) is 15.8. The van der Waals surface area contributed by atoms with Crippen LogP contribution in [0.4, 0.5) is 5.69 Å². The molecule has 4 aromatic rings. The molecule has 0 unspecified atom stereocenters. The Morgan fingerprint density at radius 3 is 2.66 bits per heavy atom. The minimum Gasteiger partial charge on any atom is -0.464 e. The number of hydrogen-bond acceptors (Lipinski definition) is 6. The molecule has 4 heterocycles. The van der Waals surface area contributed by atoms with Gasteiger partial charge in [-0.15, -0.1) is 0 Å². The van der Waals surface area contributed by atoms with E-state index < -0.39 is 6.04 Å². The Kier molecular flexibility index (Phi) is 5.86. The highest BCUT2D eigenvalue weighted by atomic mass is 32.1. The summed E-state index contributed by atoms with van der Waals surface area (Å²) in [7, 11) is 0. The molecular weight excluding hydrogens is 462 g/mol.